The third-order valence-electron chi connectivity index (χ3n) is 4.48. The van der Waals surface area contributed by atoms with Gasteiger partial charge in [-0.25, -0.2) is 0 Å². The molecule has 6 nitrogen and oxygen atoms in total. The van der Waals surface area contributed by atoms with Crippen molar-refractivity contribution in [3.63, 3.8) is 0 Å². The Balaban J connectivity index is 1.76. The molecular formula is C21H24N2O4. The molecule has 0 spiro atoms. The first-order valence-electron chi connectivity index (χ1n) is 9.17. The zero-order valence-corrected chi connectivity index (χ0v) is 15.7. The average molecular weight is 368 g/mol. The van der Waals surface area contributed by atoms with E-state index < -0.39 is 6.10 Å². The topological polar surface area (TPSA) is 76.7 Å². The van der Waals surface area contributed by atoms with Crippen LogP contribution in [0.15, 0.2) is 42.5 Å². The second kappa shape index (κ2) is 8.12. The molecule has 2 N–H and O–H groups in total. The molecule has 27 heavy (non-hydrogen) atoms. The monoisotopic (exact) mass is 368 g/mol. The van der Waals surface area contributed by atoms with Gasteiger partial charge in [-0.2, -0.15) is 0 Å². The number of hydrogen-bond donors (Lipinski definition) is 2. The van der Waals surface area contributed by atoms with Gasteiger partial charge in [-0.1, -0.05) is 25.1 Å². The minimum atomic E-state index is -0.490. The van der Waals surface area contributed by atoms with Gasteiger partial charge in [0, 0.05) is 0 Å². The van der Waals surface area contributed by atoms with Crippen LogP contribution in [-0.2, 0) is 4.79 Å². The van der Waals surface area contributed by atoms with E-state index in [1.165, 1.54) is 0 Å². The van der Waals surface area contributed by atoms with E-state index in [0.29, 0.717) is 35.8 Å². The third kappa shape index (κ3) is 4.05. The summed E-state index contributed by atoms with van der Waals surface area (Å²) in [6, 6.07) is 12.5. The quantitative estimate of drug-likeness (QED) is 0.815. The van der Waals surface area contributed by atoms with Gasteiger partial charge < -0.3 is 20.1 Å². The number of amides is 2. The van der Waals surface area contributed by atoms with Gasteiger partial charge in [-0.3, -0.25) is 9.59 Å². The number of ether oxygens (including phenoxy) is 2. The minimum Gasteiger partial charge on any atom is -0.493 e. The summed E-state index contributed by atoms with van der Waals surface area (Å²) in [5, 5.41) is 5.84. The van der Waals surface area contributed by atoms with Gasteiger partial charge in [-0.05, 0) is 50.1 Å². The Morgan fingerprint density at radius 3 is 2.78 bits per heavy atom. The van der Waals surface area contributed by atoms with Crippen molar-refractivity contribution in [1.29, 1.82) is 0 Å². The van der Waals surface area contributed by atoms with E-state index in [-0.39, 0.29) is 17.9 Å². The van der Waals surface area contributed by atoms with E-state index in [1.807, 2.05) is 45.0 Å². The number of carbonyl (C=O) groups is 2. The first kappa shape index (κ1) is 18.8. The molecule has 2 aromatic carbocycles. The number of carbonyl (C=O) groups excluding carboxylic acids is 2. The second-order valence-electron chi connectivity index (χ2n) is 6.38. The standard InChI is InChI=1S/C21H24N2O4/c1-4-17-21(25)23-16-11-10-14(12-19(16)27-17)13(3)22-20(24)15-8-6-7-9-18(15)26-5-2/h6-13,17H,4-5H2,1-3H3,(H,22,24)(H,23,25)/t13-,17+/m1/s1. The second-order valence-corrected chi connectivity index (χ2v) is 6.38. The molecule has 2 amide bonds. The zero-order chi connectivity index (χ0) is 19.4. The number of benzene rings is 2. The molecular weight excluding hydrogens is 344 g/mol. The molecule has 1 aliphatic rings. The molecule has 1 aliphatic heterocycles. The van der Waals surface area contributed by atoms with E-state index in [0.717, 1.165) is 5.56 Å². The summed E-state index contributed by atoms with van der Waals surface area (Å²) in [4.78, 5) is 24.6. The van der Waals surface area contributed by atoms with Gasteiger partial charge in [0.1, 0.15) is 11.5 Å². The molecule has 0 bridgehead atoms. The maximum absolute atomic E-state index is 12.7. The highest BCUT2D eigenvalue weighted by Crippen LogP contribution is 2.33. The summed E-state index contributed by atoms with van der Waals surface area (Å²) in [6.45, 7) is 6.18. The minimum absolute atomic E-state index is 0.133. The van der Waals surface area contributed by atoms with E-state index in [9.17, 15) is 9.59 Å². The Morgan fingerprint density at radius 2 is 2.04 bits per heavy atom. The van der Waals surface area contributed by atoms with Crippen molar-refractivity contribution in [2.24, 2.45) is 0 Å². The van der Waals surface area contributed by atoms with Gasteiger partial charge >= 0.3 is 0 Å². The molecule has 2 atom stereocenters. The summed E-state index contributed by atoms with van der Waals surface area (Å²) in [7, 11) is 0. The Bertz CT molecular complexity index is 850. The van der Waals surface area contributed by atoms with Gasteiger partial charge in [0.15, 0.2) is 6.10 Å². The lowest BCUT2D eigenvalue weighted by Crippen LogP contribution is -2.36. The molecule has 142 valence electrons. The fourth-order valence-corrected chi connectivity index (χ4v) is 2.99. The normalized spacial score (nSPS) is 16.6. The molecule has 2 aromatic rings. The van der Waals surface area contributed by atoms with Crippen LogP contribution in [0.25, 0.3) is 0 Å². The van der Waals surface area contributed by atoms with Crippen LogP contribution >= 0.6 is 0 Å². The van der Waals surface area contributed by atoms with Crippen LogP contribution in [0.3, 0.4) is 0 Å². The van der Waals surface area contributed by atoms with Crippen LogP contribution < -0.4 is 20.1 Å². The Labute approximate surface area is 158 Å². The van der Waals surface area contributed by atoms with Crippen molar-refractivity contribution in [3.8, 4) is 11.5 Å². The lowest BCUT2D eigenvalue weighted by molar-refractivity contribution is -0.123. The number of rotatable bonds is 6. The van der Waals surface area contributed by atoms with Gasteiger partial charge in [0.2, 0.25) is 0 Å². The predicted octanol–water partition coefficient (Wildman–Crippen LogP) is 3.69. The summed E-state index contributed by atoms with van der Waals surface area (Å²) in [5.41, 5.74) is 2.04. The molecule has 0 aromatic heterocycles. The van der Waals surface area contributed by atoms with Crippen molar-refractivity contribution in [2.45, 2.75) is 39.3 Å². The lowest BCUT2D eigenvalue weighted by atomic mass is 10.0. The van der Waals surface area contributed by atoms with E-state index in [2.05, 4.69) is 10.6 Å². The third-order valence-corrected chi connectivity index (χ3v) is 4.48. The number of anilines is 1. The van der Waals surface area contributed by atoms with Crippen LogP contribution in [0.4, 0.5) is 5.69 Å². The summed E-state index contributed by atoms with van der Waals surface area (Å²) in [6.07, 6.45) is 0.103. The summed E-state index contributed by atoms with van der Waals surface area (Å²) in [5.74, 6) is 0.846. The van der Waals surface area contributed by atoms with Crippen molar-refractivity contribution in [1.82, 2.24) is 5.32 Å². The maximum Gasteiger partial charge on any atom is 0.265 e. The molecule has 1 heterocycles. The maximum atomic E-state index is 12.7. The number of hydrogen-bond acceptors (Lipinski definition) is 4. The Hall–Kier alpha value is -3.02. The molecule has 0 unspecified atom stereocenters. The molecule has 0 saturated heterocycles. The van der Waals surface area contributed by atoms with Crippen LogP contribution in [0.1, 0.15) is 49.2 Å². The van der Waals surface area contributed by atoms with Gasteiger partial charge in [-0.15, -0.1) is 0 Å². The molecule has 0 radical (unpaired) electrons. The van der Waals surface area contributed by atoms with E-state index in [1.54, 1.807) is 18.2 Å². The molecule has 0 fully saturated rings. The highest BCUT2D eigenvalue weighted by molar-refractivity contribution is 5.98. The lowest BCUT2D eigenvalue weighted by Gasteiger charge is -2.26. The highest BCUT2D eigenvalue weighted by atomic mass is 16.5. The molecule has 6 heteroatoms. The average Bonchev–Trinajstić information content (AvgIpc) is 2.67. The largest absolute Gasteiger partial charge is 0.493 e. The Kier molecular flexibility index (Phi) is 5.64. The first-order chi connectivity index (χ1) is 13.0. The summed E-state index contributed by atoms with van der Waals surface area (Å²) >= 11 is 0. The van der Waals surface area contributed by atoms with E-state index >= 15 is 0 Å². The van der Waals surface area contributed by atoms with Crippen LogP contribution in [0.2, 0.25) is 0 Å². The molecule has 0 saturated carbocycles. The number of nitrogens with one attached hydrogen (secondary N) is 2. The van der Waals surface area contributed by atoms with Crippen molar-refractivity contribution >= 4 is 17.5 Å². The van der Waals surface area contributed by atoms with Crippen molar-refractivity contribution < 1.29 is 19.1 Å². The first-order valence-corrected chi connectivity index (χ1v) is 9.17. The highest BCUT2D eigenvalue weighted by Gasteiger charge is 2.26. The van der Waals surface area contributed by atoms with Crippen LogP contribution in [0, 0.1) is 0 Å². The van der Waals surface area contributed by atoms with E-state index in [4.69, 9.17) is 9.47 Å². The van der Waals surface area contributed by atoms with Gasteiger partial charge in [0.25, 0.3) is 11.8 Å². The molecule has 0 aliphatic carbocycles. The van der Waals surface area contributed by atoms with Crippen molar-refractivity contribution in [3.05, 3.63) is 53.6 Å². The number of fused-ring (bicyclic) bond motifs is 1. The fraction of sp³-hybridized carbons (Fsp3) is 0.333. The van der Waals surface area contributed by atoms with Crippen LogP contribution in [0.5, 0.6) is 11.5 Å². The van der Waals surface area contributed by atoms with Crippen molar-refractivity contribution in [2.75, 3.05) is 11.9 Å². The molecule has 3 rings (SSSR count). The fourth-order valence-electron chi connectivity index (χ4n) is 2.99. The Morgan fingerprint density at radius 1 is 1.26 bits per heavy atom. The predicted molar refractivity (Wildman–Crippen MR) is 103 cm³/mol. The smallest absolute Gasteiger partial charge is 0.265 e. The van der Waals surface area contributed by atoms with Gasteiger partial charge in [0.05, 0.1) is 23.9 Å². The SMILES string of the molecule is CCOc1ccccc1C(=O)N[C@H](C)c1ccc2c(c1)O[C@@H](CC)C(=O)N2. The van der Waals surface area contributed by atoms with Crippen LogP contribution in [-0.4, -0.2) is 24.5 Å². The summed E-state index contributed by atoms with van der Waals surface area (Å²) < 4.78 is 11.3. The zero-order valence-electron chi connectivity index (χ0n) is 15.7. The number of para-hydroxylation sites is 1.